The van der Waals surface area contributed by atoms with Crippen molar-refractivity contribution in [3.05, 3.63) is 88.2 Å². The Morgan fingerprint density at radius 1 is 0.958 bits per heavy atom. The molecule has 0 spiro atoms. The second-order valence-electron chi connectivity index (χ2n) is 12.1. The van der Waals surface area contributed by atoms with E-state index in [-0.39, 0.29) is 52.6 Å². The number of nitrogens with zero attached hydrogens (tertiary/aromatic N) is 3. The van der Waals surface area contributed by atoms with E-state index in [9.17, 15) is 19.2 Å². The number of rotatable bonds is 13. The molecular weight excluding hydrogens is 638 g/mol. The SMILES string of the molecule is CCOC(=O)c1cnc(Cl)c2nc(NC(=O)c3cccc(C(=O)OC(C)(C)C)c3)n([C@@H](C)CCCCNC(=O)OCc3ccccc3)c12. The van der Waals surface area contributed by atoms with E-state index in [1.54, 1.807) is 50.5 Å². The molecular formula is C35H40ClN5O7. The summed E-state index contributed by atoms with van der Waals surface area (Å²) >= 11 is 6.45. The largest absolute Gasteiger partial charge is 0.462 e. The quantitative estimate of drug-likeness (QED) is 0.0652. The Bertz CT molecular complexity index is 1770. The number of nitrogens with one attached hydrogen (secondary N) is 2. The van der Waals surface area contributed by atoms with Gasteiger partial charge in [0.2, 0.25) is 5.95 Å². The van der Waals surface area contributed by atoms with Crippen LogP contribution in [0.3, 0.4) is 0 Å². The van der Waals surface area contributed by atoms with Crippen molar-refractivity contribution in [3.63, 3.8) is 0 Å². The molecule has 2 N–H and O–H groups in total. The van der Waals surface area contributed by atoms with E-state index in [2.05, 4.69) is 20.6 Å². The summed E-state index contributed by atoms with van der Waals surface area (Å²) in [4.78, 5) is 60.0. The Morgan fingerprint density at radius 3 is 2.40 bits per heavy atom. The van der Waals surface area contributed by atoms with Gasteiger partial charge >= 0.3 is 18.0 Å². The molecule has 2 amide bonds. The lowest BCUT2D eigenvalue weighted by atomic mass is 10.1. The van der Waals surface area contributed by atoms with Crippen LogP contribution in [0.2, 0.25) is 5.15 Å². The molecule has 12 nitrogen and oxygen atoms in total. The molecule has 0 bridgehead atoms. The number of ether oxygens (including phenoxy) is 3. The third-order valence-electron chi connectivity index (χ3n) is 7.12. The van der Waals surface area contributed by atoms with Gasteiger partial charge in [-0.15, -0.1) is 0 Å². The number of alkyl carbamates (subject to hydrolysis) is 1. The maximum atomic E-state index is 13.5. The molecule has 4 aromatic rings. The molecule has 0 saturated heterocycles. The number of unbranched alkanes of at least 4 members (excludes halogenated alkanes) is 1. The van der Waals surface area contributed by atoms with Crippen LogP contribution in [-0.4, -0.2) is 57.2 Å². The minimum Gasteiger partial charge on any atom is -0.462 e. The Labute approximate surface area is 284 Å². The molecule has 0 fully saturated rings. The highest BCUT2D eigenvalue weighted by Crippen LogP contribution is 2.33. The zero-order chi connectivity index (χ0) is 34.8. The van der Waals surface area contributed by atoms with Crippen molar-refractivity contribution < 1.29 is 33.4 Å². The predicted molar refractivity (Wildman–Crippen MR) is 181 cm³/mol. The maximum Gasteiger partial charge on any atom is 0.407 e. The summed E-state index contributed by atoms with van der Waals surface area (Å²) < 4.78 is 17.7. The predicted octanol–water partition coefficient (Wildman–Crippen LogP) is 7.13. The van der Waals surface area contributed by atoms with Crippen LogP contribution in [0.1, 0.15) is 96.6 Å². The van der Waals surface area contributed by atoms with E-state index in [4.69, 9.17) is 25.8 Å². The molecule has 0 unspecified atom stereocenters. The fourth-order valence-corrected chi connectivity index (χ4v) is 5.09. The molecule has 0 aliphatic heterocycles. The summed E-state index contributed by atoms with van der Waals surface area (Å²) in [6, 6.07) is 15.3. The minimum absolute atomic E-state index is 0.0460. The van der Waals surface area contributed by atoms with Crippen LogP contribution in [-0.2, 0) is 20.8 Å². The normalized spacial score (nSPS) is 11.9. The second-order valence-corrected chi connectivity index (χ2v) is 12.4. The summed E-state index contributed by atoms with van der Waals surface area (Å²) in [6.07, 6.45) is 2.73. The van der Waals surface area contributed by atoms with E-state index < -0.39 is 29.5 Å². The molecule has 254 valence electrons. The van der Waals surface area contributed by atoms with Gasteiger partial charge in [-0.1, -0.05) is 48.0 Å². The summed E-state index contributed by atoms with van der Waals surface area (Å²) in [6.45, 7) is 9.61. The first-order valence-corrected chi connectivity index (χ1v) is 16.1. The van der Waals surface area contributed by atoms with E-state index in [1.807, 2.05) is 37.3 Å². The Kier molecular flexibility index (Phi) is 12.1. The van der Waals surface area contributed by atoms with Crippen LogP contribution in [0.25, 0.3) is 11.0 Å². The van der Waals surface area contributed by atoms with Crippen molar-refractivity contribution >= 4 is 52.5 Å². The topological polar surface area (TPSA) is 151 Å². The lowest BCUT2D eigenvalue weighted by molar-refractivity contribution is 0.00691. The van der Waals surface area contributed by atoms with Crippen LogP contribution in [0, 0.1) is 0 Å². The van der Waals surface area contributed by atoms with Crippen molar-refractivity contribution in [2.45, 2.75) is 72.1 Å². The van der Waals surface area contributed by atoms with Crippen molar-refractivity contribution in [2.75, 3.05) is 18.5 Å². The number of hydrogen-bond donors (Lipinski definition) is 2. The molecule has 2 aromatic heterocycles. The third-order valence-corrected chi connectivity index (χ3v) is 7.40. The van der Waals surface area contributed by atoms with Crippen molar-refractivity contribution in [1.82, 2.24) is 19.9 Å². The van der Waals surface area contributed by atoms with Gasteiger partial charge in [-0.2, -0.15) is 0 Å². The Morgan fingerprint density at radius 2 is 1.69 bits per heavy atom. The lowest BCUT2D eigenvalue weighted by Gasteiger charge is -2.20. The highest BCUT2D eigenvalue weighted by Gasteiger charge is 2.26. The smallest absolute Gasteiger partial charge is 0.407 e. The number of pyridine rings is 1. The van der Waals surface area contributed by atoms with Crippen LogP contribution < -0.4 is 10.6 Å². The average molecular weight is 678 g/mol. The van der Waals surface area contributed by atoms with Gasteiger partial charge < -0.3 is 24.1 Å². The second kappa shape index (κ2) is 16.2. The number of aromatic nitrogens is 3. The summed E-state index contributed by atoms with van der Waals surface area (Å²) in [7, 11) is 0. The van der Waals surface area contributed by atoms with Crippen LogP contribution in [0.15, 0.2) is 60.8 Å². The first kappa shape index (κ1) is 35.9. The molecule has 0 saturated carbocycles. The van der Waals surface area contributed by atoms with Crippen molar-refractivity contribution in [1.29, 1.82) is 0 Å². The number of hydrogen-bond acceptors (Lipinski definition) is 9. The number of benzene rings is 2. The molecule has 0 radical (unpaired) electrons. The van der Waals surface area contributed by atoms with E-state index in [1.165, 1.54) is 12.3 Å². The summed E-state index contributed by atoms with van der Waals surface area (Å²) in [5.74, 6) is -1.58. The van der Waals surface area contributed by atoms with E-state index in [0.717, 1.165) is 5.56 Å². The molecule has 2 heterocycles. The molecule has 0 aliphatic carbocycles. The van der Waals surface area contributed by atoms with Gasteiger partial charge in [-0.3, -0.25) is 10.1 Å². The van der Waals surface area contributed by atoms with Gasteiger partial charge in [0.1, 0.15) is 23.3 Å². The number of esters is 2. The molecule has 4 rings (SSSR count). The monoisotopic (exact) mass is 677 g/mol. The van der Waals surface area contributed by atoms with E-state index in [0.29, 0.717) is 31.3 Å². The minimum atomic E-state index is -0.706. The Hall–Kier alpha value is -4.97. The molecule has 13 heteroatoms. The van der Waals surface area contributed by atoms with Gasteiger partial charge in [-0.25, -0.2) is 24.4 Å². The van der Waals surface area contributed by atoms with Gasteiger partial charge in [0.15, 0.2) is 5.15 Å². The first-order chi connectivity index (χ1) is 22.9. The molecule has 0 aliphatic rings. The van der Waals surface area contributed by atoms with Crippen LogP contribution in [0.4, 0.5) is 10.7 Å². The number of anilines is 1. The van der Waals surface area contributed by atoms with E-state index >= 15 is 0 Å². The lowest BCUT2D eigenvalue weighted by Crippen LogP contribution is -2.25. The molecule has 1 atom stereocenters. The van der Waals surface area contributed by atoms with Crippen molar-refractivity contribution in [3.8, 4) is 0 Å². The number of fused-ring (bicyclic) bond motifs is 1. The fraction of sp³-hybridized carbons (Fsp3) is 0.371. The number of halogens is 1. The van der Waals surface area contributed by atoms with Crippen LogP contribution >= 0.6 is 11.6 Å². The van der Waals surface area contributed by atoms with Crippen LogP contribution in [0.5, 0.6) is 0 Å². The molecule has 2 aromatic carbocycles. The zero-order valence-electron chi connectivity index (χ0n) is 27.7. The van der Waals surface area contributed by atoms with Gasteiger partial charge in [0, 0.05) is 24.3 Å². The summed E-state index contributed by atoms with van der Waals surface area (Å²) in [5.41, 5.74) is 1.33. The fourth-order valence-electron chi connectivity index (χ4n) is 4.91. The highest BCUT2D eigenvalue weighted by atomic mass is 35.5. The number of amides is 2. The van der Waals surface area contributed by atoms with Gasteiger partial charge in [0.05, 0.1) is 17.7 Å². The standard InChI is InChI=1S/C35H40ClN5O7/c1-6-46-32(44)26-20-38-29(36)27-28(26)41(22(2)13-10-11-18-37-34(45)47-21-23-14-8-7-9-15-23)33(39-27)40-30(42)24-16-12-17-25(19-24)31(43)48-35(3,4)5/h7-9,12,14-17,19-20,22H,6,10-11,13,18,21H2,1-5H3,(H,37,45)(H,39,40,42)/t22-/m0/s1. The number of imidazole rings is 1. The number of carbonyl (C=O) groups excluding carboxylic acids is 4. The highest BCUT2D eigenvalue weighted by molar-refractivity contribution is 6.34. The Balaban J connectivity index is 1.52. The van der Waals surface area contributed by atoms with Gasteiger partial charge in [0.25, 0.3) is 5.91 Å². The third kappa shape index (κ3) is 9.54. The molecule has 48 heavy (non-hydrogen) atoms. The van der Waals surface area contributed by atoms with Gasteiger partial charge in [-0.05, 0) is 77.6 Å². The first-order valence-electron chi connectivity index (χ1n) is 15.7. The average Bonchev–Trinajstić information content (AvgIpc) is 3.43. The summed E-state index contributed by atoms with van der Waals surface area (Å²) in [5, 5.41) is 5.64. The number of carbonyl (C=O) groups is 4. The van der Waals surface area contributed by atoms with Crippen molar-refractivity contribution in [2.24, 2.45) is 0 Å². The maximum absolute atomic E-state index is 13.5. The zero-order valence-corrected chi connectivity index (χ0v) is 28.4.